The summed E-state index contributed by atoms with van der Waals surface area (Å²) in [6, 6.07) is 0. The first kappa shape index (κ1) is 11.0. The van der Waals surface area contributed by atoms with Gasteiger partial charge in [-0.25, -0.2) is 4.98 Å². The van der Waals surface area contributed by atoms with Crippen LogP contribution in [0.5, 0.6) is 0 Å². The molecule has 1 heterocycles. The molecule has 14 heavy (non-hydrogen) atoms. The fourth-order valence-electron chi connectivity index (χ4n) is 0.961. The van der Waals surface area contributed by atoms with E-state index in [-0.39, 0.29) is 5.82 Å². The van der Waals surface area contributed by atoms with Crippen molar-refractivity contribution in [2.75, 3.05) is 5.75 Å². The molecule has 0 saturated carbocycles. The number of aryl methyl sites for hydroxylation is 1. The maximum atomic E-state index is 10.6. The van der Waals surface area contributed by atoms with Crippen molar-refractivity contribution in [3.63, 3.8) is 0 Å². The molecule has 0 aliphatic carbocycles. The van der Waals surface area contributed by atoms with Crippen molar-refractivity contribution in [3.05, 3.63) is 29.1 Å². The van der Waals surface area contributed by atoms with Gasteiger partial charge in [-0.2, -0.15) is 0 Å². The molecule has 1 rings (SSSR count). The molecule has 6 heteroatoms. The summed E-state index contributed by atoms with van der Waals surface area (Å²) in [5, 5.41) is 10.6. The van der Waals surface area contributed by atoms with Crippen LogP contribution in [-0.4, -0.2) is 19.6 Å². The Balaban J connectivity index is 2.72. The first-order valence-electron chi connectivity index (χ1n) is 4.28. The molecule has 5 nitrogen and oxygen atoms in total. The average molecular weight is 214 g/mol. The lowest BCUT2D eigenvalue weighted by Gasteiger charge is -1.99. The van der Waals surface area contributed by atoms with Crippen LogP contribution in [0, 0.1) is 24.0 Å². The van der Waals surface area contributed by atoms with Crippen molar-refractivity contribution in [3.8, 4) is 0 Å². The zero-order valence-corrected chi connectivity index (χ0v) is 8.79. The molecule has 77 valence electrons. The van der Waals surface area contributed by atoms with Crippen molar-refractivity contribution in [2.45, 2.75) is 19.8 Å². The van der Waals surface area contributed by atoms with E-state index in [1.807, 2.05) is 0 Å². The van der Waals surface area contributed by atoms with E-state index < -0.39 is 4.92 Å². The molecule has 0 spiro atoms. The number of imidazole rings is 1. The SMILES string of the molecule is [CH2]CCCSn1c([N+](=O)[O-])cnc1C. The van der Waals surface area contributed by atoms with E-state index in [0.29, 0.717) is 5.82 Å². The van der Waals surface area contributed by atoms with Crippen LogP contribution in [0.2, 0.25) is 0 Å². The van der Waals surface area contributed by atoms with Gasteiger partial charge in [0.05, 0.1) is 11.9 Å². The second-order valence-corrected chi connectivity index (χ2v) is 3.79. The summed E-state index contributed by atoms with van der Waals surface area (Å²) in [6.45, 7) is 5.47. The number of aromatic nitrogens is 2. The van der Waals surface area contributed by atoms with Gasteiger partial charge < -0.3 is 10.1 Å². The molecular formula is C8H12N3O2S. The van der Waals surface area contributed by atoms with Gasteiger partial charge in [0.2, 0.25) is 5.82 Å². The maximum Gasteiger partial charge on any atom is 0.354 e. The average Bonchev–Trinajstić information content (AvgIpc) is 2.48. The Morgan fingerprint density at radius 3 is 3.07 bits per heavy atom. The summed E-state index contributed by atoms with van der Waals surface area (Å²) in [5.41, 5.74) is 0. The molecule has 1 aromatic rings. The highest BCUT2D eigenvalue weighted by Gasteiger charge is 2.17. The van der Waals surface area contributed by atoms with E-state index in [2.05, 4.69) is 11.9 Å². The molecule has 0 fully saturated rings. The highest BCUT2D eigenvalue weighted by atomic mass is 32.2. The first-order valence-corrected chi connectivity index (χ1v) is 5.22. The van der Waals surface area contributed by atoms with Crippen molar-refractivity contribution in [1.29, 1.82) is 0 Å². The number of unbranched alkanes of at least 4 members (excludes halogenated alkanes) is 1. The monoisotopic (exact) mass is 214 g/mol. The zero-order valence-electron chi connectivity index (χ0n) is 7.97. The third kappa shape index (κ3) is 2.47. The Morgan fingerprint density at radius 2 is 2.50 bits per heavy atom. The topological polar surface area (TPSA) is 61.0 Å². The lowest BCUT2D eigenvalue weighted by Crippen LogP contribution is -1.98. The first-order chi connectivity index (χ1) is 6.66. The molecule has 0 unspecified atom stereocenters. The Hall–Kier alpha value is -1.04. The number of nitro groups is 1. The van der Waals surface area contributed by atoms with Crippen LogP contribution in [0.15, 0.2) is 6.20 Å². The third-order valence-electron chi connectivity index (χ3n) is 1.67. The minimum atomic E-state index is -0.419. The number of hydrogen-bond acceptors (Lipinski definition) is 4. The fourth-order valence-corrected chi connectivity index (χ4v) is 1.96. The summed E-state index contributed by atoms with van der Waals surface area (Å²) in [6.07, 6.45) is 3.07. The molecular weight excluding hydrogens is 202 g/mol. The number of rotatable bonds is 5. The van der Waals surface area contributed by atoms with Gasteiger partial charge in [0.1, 0.15) is 6.20 Å². The molecule has 1 aromatic heterocycles. The van der Waals surface area contributed by atoms with Crippen LogP contribution >= 0.6 is 11.9 Å². The lowest BCUT2D eigenvalue weighted by molar-refractivity contribution is -0.390. The third-order valence-corrected chi connectivity index (χ3v) is 2.85. The van der Waals surface area contributed by atoms with Crippen LogP contribution in [0.25, 0.3) is 0 Å². The molecule has 0 amide bonds. The van der Waals surface area contributed by atoms with E-state index in [0.717, 1.165) is 18.6 Å². The van der Waals surface area contributed by atoms with Gasteiger partial charge in [-0.05, 0) is 11.3 Å². The van der Waals surface area contributed by atoms with Crippen LogP contribution in [0.1, 0.15) is 18.7 Å². The Bertz CT molecular complexity index is 324. The predicted octanol–water partition coefficient (Wildman–Crippen LogP) is 2.21. The van der Waals surface area contributed by atoms with Gasteiger partial charge in [-0.15, -0.1) is 3.97 Å². The van der Waals surface area contributed by atoms with Crippen molar-refractivity contribution in [2.24, 2.45) is 0 Å². The van der Waals surface area contributed by atoms with Gasteiger partial charge in [-0.3, -0.25) is 0 Å². The molecule has 0 aliphatic heterocycles. The molecule has 0 atom stereocenters. The van der Waals surface area contributed by atoms with Crippen molar-refractivity contribution in [1.82, 2.24) is 8.96 Å². The Labute approximate surface area is 86.8 Å². The van der Waals surface area contributed by atoms with E-state index >= 15 is 0 Å². The minimum absolute atomic E-state index is 0.0385. The van der Waals surface area contributed by atoms with Crippen molar-refractivity contribution >= 4 is 17.8 Å². The molecule has 0 saturated heterocycles. The van der Waals surface area contributed by atoms with E-state index in [1.165, 1.54) is 18.1 Å². The second kappa shape index (κ2) is 4.99. The summed E-state index contributed by atoms with van der Waals surface area (Å²) in [5.74, 6) is 1.52. The van der Waals surface area contributed by atoms with E-state index in [9.17, 15) is 10.1 Å². The normalized spacial score (nSPS) is 10.4. The molecule has 0 aromatic carbocycles. The highest BCUT2D eigenvalue weighted by Crippen LogP contribution is 2.21. The quantitative estimate of drug-likeness (QED) is 0.428. The van der Waals surface area contributed by atoms with Gasteiger partial charge in [0.15, 0.2) is 0 Å². The Kier molecular flexibility index (Phi) is 3.94. The molecule has 0 N–H and O–H groups in total. The minimum Gasteiger partial charge on any atom is -0.358 e. The maximum absolute atomic E-state index is 10.6. The van der Waals surface area contributed by atoms with E-state index in [4.69, 9.17) is 0 Å². The Morgan fingerprint density at radius 1 is 1.79 bits per heavy atom. The predicted molar refractivity (Wildman–Crippen MR) is 56.1 cm³/mol. The van der Waals surface area contributed by atoms with Crippen LogP contribution in [0.3, 0.4) is 0 Å². The van der Waals surface area contributed by atoms with Gasteiger partial charge in [-0.1, -0.05) is 13.3 Å². The summed E-state index contributed by atoms with van der Waals surface area (Å²) >= 11 is 1.41. The summed E-state index contributed by atoms with van der Waals surface area (Å²) in [4.78, 5) is 14.1. The van der Waals surface area contributed by atoms with E-state index in [1.54, 1.807) is 10.9 Å². The van der Waals surface area contributed by atoms with Gasteiger partial charge in [0.25, 0.3) is 0 Å². The second-order valence-electron chi connectivity index (χ2n) is 2.76. The zero-order chi connectivity index (χ0) is 10.6. The standard InChI is InChI=1S/C8H12N3O2S/c1-3-4-5-14-10-7(2)9-6-8(10)11(12)13/h6H,1,3-5H2,2H3. The summed E-state index contributed by atoms with van der Waals surface area (Å²) in [7, 11) is 0. The van der Waals surface area contributed by atoms with Crippen LogP contribution < -0.4 is 0 Å². The molecule has 0 bridgehead atoms. The fraction of sp³-hybridized carbons (Fsp3) is 0.500. The summed E-state index contributed by atoms with van der Waals surface area (Å²) < 4.78 is 1.55. The van der Waals surface area contributed by atoms with Crippen molar-refractivity contribution < 1.29 is 4.92 Å². The van der Waals surface area contributed by atoms with Crippen LogP contribution in [-0.2, 0) is 0 Å². The smallest absolute Gasteiger partial charge is 0.354 e. The van der Waals surface area contributed by atoms with Crippen LogP contribution in [0.4, 0.5) is 5.82 Å². The lowest BCUT2D eigenvalue weighted by atomic mass is 10.4. The number of nitrogens with zero attached hydrogens (tertiary/aromatic N) is 3. The highest BCUT2D eigenvalue weighted by molar-refractivity contribution is 7.97. The van der Waals surface area contributed by atoms with Gasteiger partial charge >= 0.3 is 5.82 Å². The largest absolute Gasteiger partial charge is 0.358 e. The number of hydrogen-bond donors (Lipinski definition) is 0. The molecule has 0 aliphatic rings. The molecule has 1 radical (unpaired) electrons. The van der Waals surface area contributed by atoms with Gasteiger partial charge in [0, 0.05) is 12.7 Å².